The molecular formula is C23H34N6O6S. The van der Waals surface area contributed by atoms with Crippen molar-refractivity contribution in [2.75, 3.05) is 26.2 Å². The number of oxime groups is 1. The summed E-state index contributed by atoms with van der Waals surface area (Å²) in [5.74, 6) is -1.13. The van der Waals surface area contributed by atoms with Gasteiger partial charge in [-0.1, -0.05) is 22.9 Å². The average Bonchev–Trinajstić information content (AvgIpc) is 3.47. The molecule has 2 heterocycles. The number of nitrogens with one attached hydrogen (secondary N) is 4. The maximum Gasteiger partial charge on any atom is 0.323 e. The van der Waals surface area contributed by atoms with Gasteiger partial charge >= 0.3 is 5.97 Å². The number of carboxylic acid groups (broad SMARTS) is 1. The first-order chi connectivity index (χ1) is 17.1. The van der Waals surface area contributed by atoms with Gasteiger partial charge in [-0.15, -0.1) is 0 Å². The zero-order valence-electron chi connectivity index (χ0n) is 20.8. The van der Waals surface area contributed by atoms with E-state index in [0.29, 0.717) is 24.0 Å². The molecule has 36 heavy (non-hydrogen) atoms. The molecule has 2 atom stereocenters. The van der Waals surface area contributed by atoms with E-state index in [4.69, 9.17) is 4.84 Å². The fourth-order valence-corrected chi connectivity index (χ4v) is 5.87. The van der Waals surface area contributed by atoms with Crippen LogP contribution in [0, 0.1) is 20.8 Å². The van der Waals surface area contributed by atoms with E-state index in [1.54, 1.807) is 26.0 Å². The van der Waals surface area contributed by atoms with Crippen LogP contribution in [0.15, 0.2) is 27.2 Å². The number of benzene rings is 1. The molecule has 12 nitrogen and oxygen atoms in total. The highest BCUT2D eigenvalue weighted by atomic mass is 32.2. The normalized spacial score (nSPS) is 18.0. The molecule has 1 aromatic carbocycles. The molecule has 2 aliphatic heterocycles. The number of carboxylic acids is 1. The van der Waals surface area contributed by atoms with Crippen molar-refractivity contribution < 1.29 is 28.0 Å². The van der Waals surface area contributed by atoms with E-state index >= 15 is 0 Å². The molecule has 0 saturated carbocycles. The van der Waals surface area contributed by atoms with Gasteiger partial charge in [0.05, 0.1) is 17.2 Å². The van der Waals surface area contributed by atoms with Crippen molar-refractivity contribution in [1.82, 2.24) is 20.7 Å². The summed E-state index contributed by atoms with van der Waals surface area (Å²) in [6, 6.07) is 1.88. The number of guanidine groups is 1. The van der Waals surface area contributed by atoms with Crippen molar-refractivity contribution >= 4 is 33.6 Å². The summed E-state index contributed by atoms with van der Waals surface area (Å²) in [7, 11) is -4.13. The monoisotopic (exact) mass is 522 g/mol. The molecule has 0 saturated heterocycles. The lowest BCUT2D eigenvalue weighted by Gasteiger charge is -2.19. The number of amides is 1. The molecule has 0 bridgehead atoms. The smallest absolute Gasteiger partial charge is 0.323 e. The minimum atomic E-state index is -4.13. The highest BCUT2D eigenvalue weighted by Gasteiger charge is 2.31. The molecule has 1 aromatic rings. The number of aliphatic carboxylic acids is 1. The first-order valence-corrected chi connectivity index (χ1v) is 13.4. The number of aryl methyl sites for hydroxylation is 3. The van der Waals surface area contributed by atoms with E-state index in [-0.39, 0.29) is 4.90 Å². The molecule has 0 aliphatic carbocycles. The second-order valence-corrected chi connectivity index (χ2v) is 10.6. The Kier molecular flexibility index (Phi) is 9.26. The Morgan fingerprint density at radius 1 is 1.22 bits per heavy atom. The second kappa shape index (κ2) is 12.2. The van der Waals surface area contributed by atoms with E-state index in [9.17, 15) is 23.1 Å². The largest absolute Gasteiger partial charge is 0.480 e. The lowest BCUT2D eigenvalue weighted by molar-refractivity contribution is -0.139. The van der Waals surface area contributed by atoms with Gasteiger partial charge in [0.25, 0.3) is 5.91 Å². The van der Waals surface area contributed by atoms with Crippen LogP contribution in [-0.4, -0.2) is 75.4 Å². The van der Waals surface area contributed by atoms with E-state index in [2.05, 4.69) is 30.8 Å². The number of nitrogens with zero attached hydrogens (tertiary/aromatic N) is 2. The highest BCUT2D eigenvalue weighted by Crippen LogP contribution is 2.22. The summed E-state index contributed by atoms with van der Waals surface area (Å²) in [6.45, 7) is 7.13. The molecule has 2 aliphatic rings. The summed E-state index contributed by atoms with van der Waals surface area (Å²) in [5, 5.41) is 22.3. The van der Waals surface area contributed by atoms with E-state index in [0.717, 1.165) is 49.7 Å². The van der Waals surface area contributed by atoms with Gasteiger partial charge in [-0.25, -0.2) is 8.42 Å². The van der Waals surface area contributed by atoms with Gasteiger partial charge in [0.15, 0.2) is 5.96 Å². The number of aliphatic imine (C=N–C) groups is 1. The predicted molar refractivity (Wildman–Crippen MR) is 134 cm³/mol. The summed E-state index contributed by atoms with van der Waals surface area (Å²) < 4.78 is 28.0. The van der Waals surface area contributed by atoms with Crippen LogP contribution in [0.25, 0.3) is 0 Å². The number of unbranched alkanes of at least 4 members (excludes halogenated alkanes) is 1. The summed E-state index contributed by atoms with van der Waals surface area (Å²) in [6.07, 6.45) is 1.87. The number of hydrogen-bond acceptors (Lipinski definition) is 9. The number of sulfonamides is 1. The molecule has 0 fully saturated rings. The Bertz CT molecular complexity index is 1130. The maximum atomic E-state index is 12.9. The minimum Gasteiger partial charge on any atom is -0.480 e. The summed E-state index contributed by atoms with van der Waals surface area (Å²) in [4.78, 5) is 33.7. The third kappa shape index (κ3) is 7.40. The SMILES string of the molecule is Cc1cc(C)c(S(=O)(=O)NC(CNC(=O)C2CC(CCCCNC3=NCCN3)=NO2)C(=O)O)c(C)c1. The van der Waals surface area contributed by atoms with Crippen molar-refractivity contribution in [3.63, 3.8) is 0 Å². The predicted octanol–water partition coefficient (Wildman–Crippen LogP) is 0.324. The van der Waals surface area contributed by atoms with Crippen molar-refractivity contribution in [3.8, 4) is 0 Å². The molecule has 2 unspecified atom stereocenters. The van der Waals surface area contributed by atoms with Crippen LogP contribution < -0.4 is 20.7 Å². The van der Waals surface area contributed by atoms with E-state index in [1.165, 1.54) is 0 Å². The molecule has 0 radical (unpaired) electrons. The quantitative estimate of drug-likeness (QED) is 0.244. The van der Waals surface area contributed by atoms with Crippen molar-refractivity contribution in [2.24, 2.45) is 10.1 Å². The molecule has 3 rings (SSSR count). The van der Waals surface area contributed by atoms with Gasteiger partial charge in [-0.3, -0.25) is 14.6 Å². The summed E-state index contributed by atoms with van der Waals surface area (Å²) >= 11 is 0. The summed E-state index contributed by atoms with van der Waals surface area (Å²) in [5.41, 5.74) is 2.68. The molecule has 0 aromatic heterocycles. The fraction of sp³-hybridized carbons (Fsp3) is 0.565. The molecule has 13 heteroatoms. The Morgan fingerprint density at radius 2 is 1.94 bits per heavy atom. The molecule has 0 spiro atoms. The minimum absolute atomic E-state index is 0.0329. The first kappa shape index (κ1) is 27.4. The Labute approximate surface area is 211 Å². The molecule has 1 amide bonds. The number of carbonyl (C=O) groups is 2. The van der Waals surface area contributed by atoms with E-state index in [1.807, 2.05) is 6.92 Å². The van der Waals surface area contributed by atoms with Crippen LogP contribution >= 0.6 is 0 Å². The number of hydrogen-bond donors (Lipinski definition) is 5. The van der Waals surface area contributed by atoms with Gasteiger partial charge in [0.1, 0.15) is 6.04 Å². The standard InChI is InChI=1S/C23H34N6O6S/c1-14-10-15(2)20(16(3)11-14)36(33,34)29-18(22(31)32)13-27-21(30)19-12-17(28-35-19)6-4-5-7-24-23-25-8-9-26-23/h10-11,18-19,29H,4-9,12-13H2,1-3H3,(H,27,30)(H,31,32)(H2,24,25,26). The van der Waals surface area contributed by atoms with Gasteiger partial charge in [0.2, 0.25) is 16.1 Å². The van der Waals surface area contributed by atoms with Crippen molar-refractivity contribution in [3.05, 3.63) is 28.8 Å². The van der Waals surface area contributed by atoms with Crippen LogP contribution in [0.3, 0.4) is 0 Å². The van der Waals surface area contributed by atoms with Crippen molar-refractivity contribution in [1.29, 1.82) is 0 Å². The Morgan fingerprint density at radius 3 is 2.58 bits per heavy atom. The Balaban J connectivity index is 1.45. The van der Waals surface area contributed by atoms with Gasteiger partial charge in [-0.2, -0.15) is 4.72 Å². The van der Waals surface area contributed by atoms with Gasteiger partial charge in [-0.05, 0) is 51.2 Å². The molecular weight excluding hydrogens is 488 g/mol. The molecule has 5 N–H and O–H groups in total. The second-order valence-electron chi connectivity index (χ2n) is 8.98. The number of rotatable bonds is 12. The van der Waals surface area contributed by atoms with Crippen molar-refractivity contribution in [2.45, 2.75) is 63.5 Å². The van der Waals surface area contributed by atoms with Crippen LogP contribution in [0.1, 0.15) is 42.4 Å². The average molecular weight is 523 g/mol. The van der Waals surface area contributed by atoms with E-state index < -0.39 is 40.6 Å². The topological polar surface area (TPSA) is 171 Å². The zero-order chi connectivity index (χ0) is 26.3. The Hall–Kier alpha value is -3.19. The zero-order valence-corrected chi connectivity index (χ0v) is 21.6. The van der Waals surface area contributed by atoms with Crippen LogP contribution in [0.2, 0.25) is 0 Å². The third-order valence-corrected chi connectivity index (χ3v) is 7.61. The maximum absolute atomic E-state index is 12.9. The van der Waals surface area contributed by atoms with Crippen LogP contribution in [0.5, 0.6) is 0 Å². The number of carbonyl (C=O) groups excluding carboxylic acids is 1. The van der Waals surface area contributed by atoms with Crippen LogP contribution in [-0.2, 0) is 24.4 Å². The fourth-order valence-electron chi connectivity index (χ4n) is 4.22. The lowest BCUT2D eigenvalue weighted by Crippen LogP contribution is -2.50. The third-order valence-electron chi connectivity index (χ3n) is 5.83. The molecule has 198 valence electrons. The van der Waals surface area contributed by atoms with Gasteiger partial charge < -0.3 is 25.9 Å². The lowest BCUT2D eigenvalue weighted by atomic mass is 10.1. The highest BCUT2D eigenvalue weighted by molar-refractivity contribution is 7.89. The van der Waals surface area contributed by atoms with Crippen LogP contribution in [0.4, 0.5) is 0 Å². The first-order valence-electron chi connectivity index (χ1n) is 11.9. The van der Waals surface area contributed by atoms with Gasteiger partial charge in [0, 0.05) is 26.1 Å².